The van der Waals surface area contributed by atoms with Crippen molar-refractivity contribution in [3.8, 4) is 5.75 Å². The summed E-state index contributed by atoms with van der Waals surface area (Å²) in [5.74, 6) is 1.93. The van der Waals surface area contributed by atoms with Crippen molar-refractivity contribution in [2.45, 2.75) is 19.8 Å². The Morgan fingerprint density at radius 2 is 2.15 bits per heavy atom. The average molecular weight is 476 g/mol. The lowest BCUT2D eigenvalue weighted by Crippen LogP contribution is -2.39. The monoisotopic (exact) mass is 476 g/mol. The normalized spacial score (nSPS) is 13.2. The Kier molecular flexibility index (Phi) is 11.6. The Morgan fingerprint density at radius 3 is 2.92 bits per heavy atom. The van der Waals surface area contributed by atoms with Gasteiger partial charge in [-0.3, -0.25) is 4.99 Å². The van der Waals surface area contributed by atoms with E-state index in [4.69, 9.17) is 9.47 Å². The second-order valence-corrected chi connectivity index (χ2v) is 6.27. The standard InChI is InChI=1S/C19H32N4O2.HI/c1-4-20-19(22-10-11-23(2)12-14-24-3)21-9-7-16-5-6-18-17(15-16)8-13-25-18;/h5-6,15H,4,7-14H2,1-3H3,(H2,20,21,22);1H. The summed E-state index contributed by atoms with van der Waals surface area (Å²) in [6, 6.07) is 6.51. The van der Waals surface area contributed by atoms with Gasteiger partial charge in [0.25, 0.3) is 0 Å². The van der Waals surface area contributed by atoms with E-state index in [9.17, 15) is 0 Å². The molecule has 1 aromatic carbocycles. The van der Waals surface area contributed by atoms with Crippen LogP contribution in [0, 0.1) is 0 Å². The summed E-state index contributed by atoms with van der Waals surface area (Å²) < 4.78 is 10.7. The second kappa shape index (κ2) is 13.2. The van der Waals surface area contributed by atoms with Crippen LogP contribution in [-0.4, -0.2) is 71.0 Å². The Balaban J connectivity index is 0.00000338. The van der Waals surface area contributed by atoms with Gasteiger partial charge in [0, 0.05) is 39.7 Å². The van der Waals surface area contributed by atoms with E-state index in [1.165, 1.54) is 11.1 Å². The fourth-order valence-electron chi connectivity index (χ4n) is 2.75. The first-order valence-electron chi connectivity index (χ1n) is 9.17. The number of benzene rings is 1. The molecule has 0 amide bonds. The molecule has 0 unspecified atom stereocenters. The molecule has 0 spiro atoms. The Bertz CT molecular complexity index is 554. The van der Waals surface area contributed by atoms with Crippen LogP contribution in [-0.2, 0) is 17.6 Å². The molecule has 0 aliphatic carbocycles. The van der Waals surface area contributed by atoms with E-state index in [0.717, 1.165) is 70.5 Å². The van der Waals surface area contributed by atoms with Gasteiger partial charge in [0.2, 0.25) is 0 Å². The van der Waals surface area contributed by atoms with E-state index >= 15 is 0 Å². The van der Waals surface area contributed by atoms with Crippen LogP contribution in [0.4, 0.5) is 0 Å². The van der Waals surface area contributed by atoms with E-state index in [1.807, 2.05) is 0 Å². The number of nitrogens with zero attached hydrogens (tertiary/aromatic N) is 2. The minimum absolute atomic E-state index is 0. The summed E-state index contributed by atoms with van der Waals surface area (Å²) in [5.41, 5.74) is 2.67. The van der Waals surface area contributed by atoms with Gasteiger partial charge in [0.05, 0.1) is 19.8 Å². The van der Waals surface area contributed by atoms with Crippen molar-refractivity contribution >= 4 is 29.9 Å². The zero-order valence-corrected chi connectivity index (χ0v) is 18.5. The molecule has 0 radical (unpaired) electrons. The van der Waals surface area contributed by atoms with Gasteiger partial charge in [-0.15, -0.1) is 24.0 Å². The van der Waals surface area contributed by atoms with Gasteiger partial charge in [-0.1, -0.05) is 12.1 Å². The number of likely N-dealkylation sites (N-methyl/N-ethyl adjacent to an activating group) is 1. The number of fused-ring (bicyclic) bond motifs is 1. The number of methoxy groups -OCH3 is 1. The largest absolute Gasteiger partial charge is 0.493 e. The minimum Gasteiger partial charge on any atom is -0.493 e. The van der Waals surface area contributed by atoms with Crippen LogP contribution in [0.5, 0.6) is 5.75 Å². The quantitative estimate of drug-likeness (QED) is 0.307. The molecular formula is C19H33IN4O2. The number of nitrogens with one attached hydrogen (secondary N) is 2. The van der Waals surface area contributed by atoms with Crippen LogP contribution in [0.15, 0.2) is 23.2 Å². The molecule has 7 heteroatoms. The maximum absolute atomic E-state index is 5.56. The molecule has 0 aromatic heterocycles. The number of ether oxygens (including phenoxy) is 2. The van der Waals surface area contributed by atoms with E-state index in [2.05, 4.69) is 52.7 Å². The lowest BCUT2D eigenvalue weighted by Gasteiger charge is -2.15. The first-order chi connectivity index (χ1) is 12.2. The van der Waals surface area contributed by atoms with Gasteiger partial charge < -0.3 is 25.0 Å². The molecule has 1 heterocycles. The zero-order valence-electron chi connectivity index (χ0n) is 16.2. The highest BCUT2D eigenvalue weighted by molar-refractivity contribution is 14.0. The summed E-state index contributed by atoms with van der Waals surface area (Å²) >= 11 is 0. The lowest BCUT2D eigenvalue weighted by molar-refractivity contribution is 0.163. The van der Waals surface area contributed by atoms with Crippen molar-refractivity contribution < 1.29 is 9.47 Å². The second-order valence-electron chi connectivity index (χ2n) is 6.27. The van der Waals surface area contributed by atoms with Crippen LogP contribution < -0.4 is 15.4 Å². The fraction of sp³-hybridized carbons (Fsp3) is 0.632. The van der Waals surface area contributed by atoms with Crippen LogP contribution in [0.1, 0.15) is 18.1 Å². The molecule has 1 aromatic rings. The molecule has 2 rings (SSSR count). The molecule has 0 saturated carbocycles. The molecule has 0 saturated heterocycles. The number of halogens is 1. The van der Waals surface area contributed by atoms with Crippen molar-refractivity contribution in [1.29, 1.82) is 0 Å². The average Bonchev–Trinajstić information content (AvgIpc) is 3.07. The number of hydrogen-bond acceptors (Lipinski definition) is 4. The summed E-state index contributed by atoms with van der Waals surface area (Å²) in [6.45, 7) is 8.00. The molecule has 0 fully saturated rings. The van der Waals surface area contributed by atoms with Crippen LogP contribution in [0.3, 0.4) is 0 Å². The number of rotatable bonds is 10. The van der Waals surface area contributed by atoms with Gasteiger partial charge in [-0.25, -0.2) is 0 Å². The summed E-state index contributed by atoms with van der Waals surface area (Å²) in [7, 11) is 3.82. The number of aliphatic imine (C=N–C) groups is 1. The number of hydrogen-bond donors (Lipinski definition) is 2. The summed E-state index contributed by atoms with van der Waals surface area (Å²) in [6.07, 6.45) is 2.00. The molecule has 1 aliphatic heterocycles. The predicted molar refractivity (Wildman–Crippen MR) is 118 cm³/mol. The molecule has 2 N–H and O–H groups in total. The molecule has 26 heavy (non-hydrogen) atoms. The Hall–Kier alpha value is -1.06. The van der Waals surface area contributed by atoms with Crippen molar-refractivity contribution in [2.24, 2.45) is 4.99 Å². The van der Waals surface area contributed by atoms with Gasteiger partial charge in [0.15, 0.2) is 5.96 Å². The summed E-state index contributed by atoms with van der Waals surface area (Å²) in [5, 5.41) is 6.72. The first-order valence-corrected chi connectivity index (χ1v) is 9.17. The van der Waals surface area contributed by atoms with Gasteiger partial charge in [0.1, 0.15) is 5.75 Å². The SMILES string of the molecule is CCNC(=NCCN(C)CCOC)NCCc1ccc2c(c1)CCO2.I. The van der Waals surface area contributed by atoms with E-state index in [0.29, 0.717) is 0 Å². The van der Waals surface area contributed by atoms with E-state index in [1.54, 1.807) is 7.11 Å². The summed E-state index contributed by atoms with van der Waals surface area (Å²) in [4.78, 5) is 6.87. The third-order valence-corrected chi connectivity index (χ3v) is 4.23. The maximum atomic E-state index is 5.56. The van der Waals surface area contributed by atoms with Gasteiger partial charge >= 0.3 is 0 Å². The van der Waals surface area contributed by atoms with Crippen molar-refractivity contribution in [1.82, 2.24) is 15.5 Å². The third-order valence-electron chi connectivity index (χ3n) is 4.23. The molecule has 148 valence electrons. The van der Waals surface area contributed by atoms with Crippen LogP contribution in [0.2, 0.25) is 0 Å². The molecule has 0 atom stereocenters. The minimum atomic E-state index is 0. The highest BCUT2D eigenvalue weighted by atomic mass is 127. The zero-order chi connectivity index (χ0) is 17.9. The maximum Gasteiger partial charge on any atom is 0.191 e. The third kappa shape index (κ3) is 8.09. The molecular weight excluding hydrogens is 443 g/mol. The molecule has 0 bridgehead atoms. The highest BCUT2D eigenvalue weighted by Gasteiger charge is 2.11. The van der Waals surface area contributed by atoms with Crippen LogP contribution >= 0.6 is 24.0 Å². The topological polar surface area (TPSA) is 58.1 Å². The number of guanidine groups is 1. The Morgan fingerprint density at radius 1 is 1.31 bits per heavy atom. The van der Waals surface area contributed by atoms with Crippen molar-refractivity contribution in [3.63, 3.8) is 0 Å². The molecule has 1 aliphatic rings. The van der Waals surface area contributed by atoms with Gasteiger partial charge in [-0.2, -0.15) is 0 Å². The highest BCUT2D eigenvalue weighted by Crippen LogP contribution is 2.25. The fourth-order valence-corrected chi connectivity index (χ4v) is 2.75. The predicted octanol–water partition coefficient (Wildman–Crippen LogP) is 1.92. The Labute approximate surface area is 174 Å². The van der Waals surface area contributed by atoms with Gasteiger partial charge in [-0.05, 0) is 37.6 Å². The van der Waals surface area contributed by atoms with Crippen molar-refractivity contribution in [3.05, 3.63) is 29.3 Å². The lowest BCUT2D eigenvalue weighted by atomic mass is 10.1. The van der Waals surface area contributed by atoms with E-state index < -0.39 is 0 Å². The van der Waals surface area contributed by atoms with E-state index in [-0.39, 0.29) is 24.0 Å². The smallest absolute Gasteiger partial charge is 0.191 e. The first kappa shape index (κ1) is 23.0. The van der Waals surface area contributed by atoms with Crippen molar-refractivity contribution in [2.75, 3.05) is 60.1 Å². The van der Waals surface area contributed by atoms with Crippen LogP contribution in [0.25, 0.3) is 0 Å². The molecule has 6 nitrogen and oxygen atoms in total.